The zero-order valence-electron chi connectivity index (χ0n) is 11.1. The molecule has 1 aliphatic heterocycles. The van der Waals surface area contributed by atoms with Crippen LogP contribution in [0, 0.1) is 21.7 Å². The molecule has 0 aromatic heterocycles. The number of piperazine rings is 1. The van der Waals surface area contributed by atoms with E-state index >= 15 is 0 Å². The fraction of sp³-hybridized carbons (Fsp3) is 0.417. The smallest absolute Gasteiger partial charge is 0.298 e. The normalized spacial score (nSPS) is 15.7. The Bertz CT molecular complexity index is 562. The van der Waals surface area contributed by atoms with Gasteiger partial charge in [-0.3, -0.25) is 19.8 Å². The van der Waals surface area contributed by atoms with Crippen molar-refractivity contribution in [3.05, 3.63) is 33.9 Å². The van der Waals surface area contributed by atoms with Gasteiger partial charge in [-0.15, -0.1) is 0 Å². The first-order valence-corrected chi connectivity index (χ1v) is 6.33. The minimum atomic E-state index is -1.17. The molecule has 1 heterocycles. The van der Waals surface area contributed by atoms with E-state index in [0.717, 1.165) is 13.1 Å². The number of hydrogen-bond acceptors (Lipinski definition) is 5. The number of halogens is 2. The van der Waals surface area contributed by atoms with Crippen LogP contribution in [0.3, 0.4) is 0 Å². The van der Waals surface area contributed by atoms with Crippen molar-refractivity contribution in [3.8, 4) is 0 Å². The Morgan fingerprint density at radius 3 is 2.67 bits per heavy atom. The first kappa shape index (κ1) is 15.3. The van der Waals surface area contributed by atoms with E-state index in [2.05, 4.69) is 10.6 Å². The predicted octanol–water partition coefficient (Wildman–Crippen LogP) is 0.717. The molecule has 0 bridgehead atoms. The minimum Gasteiger partial charge on any atom is -0.317 e. The number of nitro groups is 1. The lowest BCUT2D eigenvalue weighted by Crippen LogP contribution is -2.46. The van der Waals surface area contributed by atoms with Crippen molar-refractivity contribution in [3.63, 3.8) is 0 Å². The summed E-state index contributed by atoms with van der Waals surface area (Å²) in [6.45, 7) is 2.77. The SMILES string of the molecule is O=C(CN1CCNCC1)Nc1c(F)cc(F)cc1[N+](=O)[O-]. The molecule has 1 aliphatic rings. The van der Waals surface area contributed by atoms with E-state index < -0.39 is 33.8 Å². The van der Waals surface area contributed by atoms with Gasteiger partial charge in [0.2, 0.25) is 5.91 Å². The molecule has 7 nitrogen and oxygen atoms in total. The average molecular weight is 300 g/mol. The summed E-state index contributed by atoms with van der Waals surface area (Å²) in [6.07, 6.45) is 0. The van der Waals surface area contributed by atoms with Crippen molar-refractivity contribution in [2.24, 2.45) is 0 Å². The summed E-state index contributed by atoms with van der Waals surface area (Å²) in [5, 5.41) is 16.1. The van der Waals surface area contributed by atoms with Crippen LogP contribution in [0.2, 0.25) is 0 Å². The van der Waals surface area contributed by atoms with Gasteiger partial charge in [0.15, 0.2) is 11.5 Å². The van der Waals surface area contributed by atoms with Gasteiger partial charge in [0.1, 0.15) is 5.82 Å². The molecule has 1 aromatic rings. The Labute approximate surface area is 119 Å². The molecule has 9 heteroatoms. The number of nitro benzene ring substituents is 1. The highest BCUT2D eigenvalue weighted by atomic mass is 19.1. The second-order valence-corrected chi connectivity index (χ2v) is 4.61. The summed E-state index contributed by atoms with van der Waals surface area (Å²) >= 11 is 0. The van der Waals surface area contributed by atoms with E-state index in [4.69, 9.17) is 0 Å². The molecule has 0 saturated carbocycles. The number of amides is 1. The van der Waals surface area contributed by atoms with Crippen molar-refractivity contribution in [1.82, 2.24) is 10.2 Å². The Morgan fingerprint density at radius 2 is 2.05 bits per heavy atom. The highest BCUT2D eigenvalue weighted by molar-refractivity contribution is 5.94. The van der Waals surface area contributed by atoms with Crippen LogP contribution in [0.4, 0.5) is 20.2 Å². The summed E-state index contributed by atoms with van der Waals surface area (Å²) in [5.74, 6) is -2.82. The van der Waals surface area contributed by atoms with Crippen molar-refractivity contribution in [1.29, 1.82) is 0 Å². The van der Waals surface area contributed by atoms with Gasteiger partial charge in [-0.25, -0.2) is 8.78 Å². The summed E-state index contributed by atoms with van der Waals surface area (Å²) in [6, 6.07) is 1.07. The lowest BCUT2D eigenvalue weighted by Gasteiger charge is -2.26. The Morgan fingerprint density at radius 1 is 1.38 bits per heavy atom. The monoisotopic (exact) mass is 300 g/mol. The van der Waals surface area contributed by atoms with Crippen LogP contribution in [0.15, 0.2) is 12.1 Å². The molecule has 2 N–H and O–H groups in total. The van der Waals surface area contributed by atoms with Gasteiger partial charge in [0, 0.05) is 32.2 Å². The van der Waals surface area contributed by atoms with Crippen LogP contribution in [0.25, 0.3) is 0 Å². The van der Waals surface area contributed by atoms with Gasteiger partial charge in [0.05, 0.1) is 17.5 Å². The van der Waals surface area contributed by atoms with Crippen LogP contribution in [0.1, 0.15) is 0 Å². The number of carbonyl (C=O) groups excluding carboxylic acids is 1. The molecule has 1 fully saturated rings. The van der Waals surface area contributed by atoms with E-state index in [0.29, 0.717) is 25.2 Å². The van der Waals surface area contributed by atoms with Crippen LogP contribution in [0.5, 0.6) is 0 Å². The van der Waals surface area contributed by atoms with Crippen LogP contribution >= 0.6 is 0 Å². The standard InChI is InChI=1S/C12H14F2N4O3/c13-8-5-9(14)12(10(6-8)18(20)21)16-11(19)7-17-3-1-15-2-4-17/h5-6,15H,1-4,7H2,(H,16,19). The van der Waals surface area contributed by atoms with Crippen LogP contribution in [-0.4, -0.2) is 48.5 Å². The third-order valence-corrected chi connectivity index (χ3v) is 3.07. The fourth-order valence-corrected chi connectivity index (χ4v) is 2.08. The minimum absolute atomic E-state index is 0.00431. The molecule has 114 valence electrons. The predicted molar refractivity (Wildman–Crippen MR) is 71.0 cm³/mol. The van der Waals surface area contributed by atoms with Gasteiger partial charge < -0.3 is 10.6 Å². The number of rotatable bonds is 4. The van der Waals surface area contributed by atoms with Gasteiger partial charge >= 0.3 is 0 Å². The molecule has 21 heavy (non-hydrogen) atoms. The van der Waals surface area contributed by atoms with E-state index in [9.17, 15) is 23.7 Å². The highest BCUT2D eigenvalue weighted by Crippen LogP contribution is 2.28. The van der Waals surface area contributed by atoms with Crippen LogP contribution < -0.4 is 10.6 Å². The van der Waals surface area contributed by atoms with Crippen LogP contribution in [-0.2, 0) is 4.79 Å². The molecule has 1 saturated heterocycles. The maximum atomic E-state index is 13.6. The topological polar surface area (TPSA) is 87.5 Å². The molecule has 1 amide bonds. The van der Waals surface area contributed by atoms with Gasteiger partial charge in [-0.05, 0) is 0 Å². The van der Waals surface area contributed by atoms with Crippen molar-refractivity contribution >= 4 is 17.3 Å². The largest absolute Gasteiger partial charge is 0.317 e. The van der Waals surface area contributed by atoms with E-state index in [1.165, 1.54) is 0 Å². The Kier molecular flexibility index (Phi) is 4.76. The van der Waals surface area contributed by atoms with E-state index in [-0.39, 0.29) is 6.54 Å². The zero-order chi connectivity index (χ0) is 15.4. The number of anilines is 1. The Hall–Kier alpha value is -2.13. The number of nitrogens with one attached hydrogen (secondary N) is 2. The number of hydrogen-bond donors (Lipinski definition) is 2. The van der Waals surface area contributed by atoms with E-state index in [1.54, 1.807) is 0 Å². The van der Waals surface area contributed by atoms with E-state index in [1.807, 2.05) is 4.90 Å². The number of benzene rings is 1. The molecule has 0 unspecified atom stereocenters. The zero-order valence-corrected chi connectivity index (χ0v) is 11.1. The molecule has 2 rings (SSSR count). The Balaban J connectivity index is 2.11. The first-order valence-electron chi connectivity index (χ1n) is 6.33. The third-order valence-electron chi connectivity index (χ3n) is 3.07. The number of nitrogens with zero attached hydrogens (tertiary/aromatic N) is 2. The van der Waals surface area contributed by atoms with Crippen molar-refractivity contribution < 1.29 is 18.5 Å². The lowest BCUT2D eigenvalue weighted by molar-refractivity contribution is -0.384. The molecule has 0 spiro atoms. The summed E-state index contributed by atoms with van der Waals surface area (Å²) in [7, 11) is 0. The highest BCUT2D eigenvalue weighted by Gasteiger charge is 2.23. The lowest BCUT2D eigenvalue weighted by atomic mass is 10.2. The first-order chi connectivity index (χ1) is 9.97. The molecule has 0 aliphatic carbocycles. The average Bonchev–Trinajstić information content (AvgIpc) is 2.42. The summed E-state index contributed by atoms with van der Waals surface area (Å²) < 4.78 is 26.6. The third kappa shape index (κ3) is 3.92. The molecular weight excluding hydrogens is 286 g/mol. The second-order valence-electron chi connectivity index (χ2n) is 4.61. The maximum absolute atomic E-state index is 13.6. The van der Waals surface area contributed by atoms with Gasteiger partial charge in [-0.2, -0.15) is 0 Å². The molecule has 1 aromatic carbocycles. The van der Waals surface area contributed by atoms with Gasteiger partial charge in [0.25, 0.3) is 5.69 Å². The fourth-order valence-electron chi connectivity index (χ4n) is 2.08. The maximum Gasteiger partial charge on any atom is 0.298 e. The summed E-state index contributed by atoms with van der Waals surface area (Å²) in [5.41, 5.74) is -1.41. The quantitative estimate of drug-likeness (QED) is 0.632. The number of carbonyl (C=O) groups is 1. The second kappa shape index (κ2) is 6.55. The van der Waals surface area contributed by atoms with Crippen molar-refractivity contribution in [2.45, 2.75) is 0 Å². The summed E-state index contributed by atoms with van der Waals surface area (Å²) in [4.78, 5) is 23.5. The molecule has 0 radical (unpaired) electrons. The van der Waals surface area contributed by atoms with Gasteiger partial charge in [-0.1, -0.05) is 0 Å². The molecular formula is C12H14F2N4O3. The molecule has 0 atom stereocenters. The van der Waals surface area contributed by atoms with Crippen molar-refractivity contribution in [2.75, 3.05) is 38.0 Å².